The van der Waals surface area contributed by atoms with Crippen molar-refractivity contribution in [3.63, 3.8) is 0 Å². The lowest BCUT2D eigenvalue weighted by Crippen LogP contribution is -2.23. The number of nitrogens with zero attached hydrogens (tertiary/aromatic N) is 1. The molecule has 4 nitrogen and oxygen atoms in total. The van der Waals surface area contributed by atoms with E-state index in [0.29, 0.717) is 21.2 Å². The topological polar surface area (TPSA) is 60.0 Å². The predicted molar refractivity (Wildman–Crippen MR) is 86.2 cm³/mol. The molecule has 1 amide bonds. The second-order valence-corrected chi connectivity index (χ2v) is 5.85. The summed E-state index contributed by atoms with van der Waals surface area (Å²) in [7, 11) is 0. The minimum absolute atomic E-state index is 0.231. The molecule has 1 aromatic heterocycles. The standard InChI is InChI=1S/C14H15N3OS2/c1-3-8-16-13(18)11-12(15)17(14(19)20-11)10-7-5-4-6-9(10)2/h3-7H,1,8,15H2,2H3,(H,16,18). The molecule has 0 bridgehead atoms. The quantitative estimate of drug-likeness (QED) is 0.674. The van der Waals surface area contributed by atoms with E-state index in [1.54, 1.807) is 10.6 Å². The second kappa shape index (κ2) is 6.02. The molecule has 0 spiro atoms. The molecule has 0 saturated carbocycles. The van der Waals surface area contributed by atoms with Gasteiger partial charge < -0.3 is 11.1 Å². The van der Waals surface area contributed by atoms with Gasteiger partial charge in [0.25, 0.3) is 5.91 Å². The van der Waals surface area contributed by atoms with Gasteiger partial charge in [-0.3, -0.25) is 9.36 Å². The van der Waals surface area contributed by atoms with Crippen molar-refractivity contribution >= 4 is 35.3 Å². The van der Waals surface area contributed by atoms with E-state index in [4.69, 9.17) is 18.0 Å². The summed E-state index contributed by atoms with van der Waals surface area (Å²) in [5, 5.41) is 2.71. The highest BCUT2D eigenvalue weighted by Crippen LogP contribution is 2.27. The van der Waals surface area contributed by atoms with Crippen molar-refractivity contribution < 1.29 is 4.79 Å². The molecule has 1 aromatic carbocycles. The average molecular weight is 305 g/mol. The van der Waals surface area contributed by atoms with Crippen LogP contribution in [0.15, 0.2) is 36.9 Å². The number of amides is 1. The van der Waals surface area contributed by atoms with Crippen molar-refractivity contribution in [2.75, 3.05) is 12.3 Å². The van der Waals surface area contributed by atoms with Crippen LogP contribution >= 0.6 is 23.6 Å². The van der Waals surface area contributed by atoms with Crippen LogP contribution in [0.2, 0.25) is 0 Å². The van der Waals surface area contributed by atoms with Crippen molar-refractivity contribution in [2.24, 2.45) is 0 Å². The number of para-hydroxylation sites is 1. The number of rotatable bonds is 4. The molecule has 0 radical (unpaired) electrons. The van der Waals surface area contributed by atoms with Gasteiger partial charge in [-0.2, -0.15) is 0 Å². The van der Waals surface area contributed by atoms with Gasteiger partial charge in [0.2, 0.25) is 0 Å². The van der Waals surface area contributed by atoms with Crippen molar-refractivity contribution in [1.82, 2.24) is 9.88 Å². The van der Waals surface area contributed by atoms with E-state index in [0.717, 1.165) is 11.3 Å². The molecule has 2 rings (SSSR count). The number of carbonyl (C=O) groups excluding carboxylic acids is 1. The summed E-state index contributed by atoms with van der Waals surface area (Å²) in [5.41, 5.74) is 8.04. The Kier molecular flexibility index (Phi) is 4.36. The first-order valence-corrected chi connectivity index (χ1v) is 7.25. The molecule has 2 aromatic rings. The zero-order valence-electron chi connectivity index (χ0n) is 11.1. The Morgan fingerprint density at radius 3 is 2.90 bits per heavy atom. The number of benzene rings is 1. The summed E-state index contributed by atoms with van der Waals surface area (Å²) in [6, 6.07) is 7.77. The highest BCUT2D eigenvalue weighted by Gasteiger charge is 2.18. The summed E-state index contributed by atoms with van der Waals surface area (Å²) in [5.74, 6) is 0.140. The maximum Gasteiger partial charge on any atom is 0.265 e. The van der Waals surface area contributed by atoms with Gasteiger partial charge in [0.15, 0.2) is 3.95 Å². The Bertz CT molecular complexity index is 715. The molecule has 1 heterocycles. The molecule has 104 valence electrons. The van der Waals surface area contributed by atoms with Crippen molar-refractivity contribution in [2.45, 2.75) is 6.92 Å². The number of aryl methyl sites for hydroxylation is 1. The van der Waals surface area contributed by atoms with Crippen LogP contribution in [0.4, 0.5) is 5.82 Å². The van der Waals surface area contributed by atoms with Crippen LogP contribution in [0.25, 0.3) is 5.69 Å². The molecule has 6 heteroatoms. The largest absolute Gasteiger partial charge is 0.383 e. The first-order valence-electron chi connectivity index (χ1n) is 6.02. The minimum Gasteiger partial charge on any atom is -0.383 e. The lowest BCUT2D eigenvalue weighted by atomic mass is 10.2. The molecule has 0 saturated heterocycles. The van der Waals surface area contributed by atoms with E-state index in [2.05, 4.69) is 11.9 Å². The summed E-state index contributed by atoms with van der Waals surface area (Å²) in [6.07, 6.45) is 1.62. The monoisotopic (exact) mass is 305 g/mol. The predicted octanol–water partition coefficient (Wildman–Crippen LogP) is 3.07. The number of carbonyl (C=O) groups is 1. The smallest absolute Gasteiger partial charge is 0.265 e. The van der Waals surface area contributed by atoms with E-state index < -0.39 is 0 Å². The SMILES string of the molecule is C=CCNC(=O)c1sc(=S)n(-c2ccccc2C)c1N. The van der Waals surface area contributed by atoms with Crippen LogP contribution in [0.1, 0.15) is 15.2 Å². The van der Waals surface area contributed by atoms with E-state index in [-0.39, 0.29) is 5.91 Å². The number of nitrogens with one attached hydrogen (secondary N) is 1. The lowest BCUT2D eigenvalue weighted by molar-refractivity contribution is 0.0962. The van der Waals surface area contributed by atoms with Gasteiger partial charge in [0, 0.05) is 6.54 Å². The first kappa shape index (κ1) is 14.5. The maximum atomic E-state index is 12.0. The van der Waals surface area contributed by atoms with E-state index in [9.17, 15) is 4.79 Å². The molecule has 0 unspecified atom stereocenters. The van der Waals surface area contributed by atoms with Crippen LogP contribution in [-0.2, 0) is 0 Å². The molecular weight excluding hydrogens is 290 g/mol. The van der Waals surface area contributed by atoms with Gasteiger partial charge in [0.05, 0.1) is 5.69 Å². The third-order valence-corrected chi connectivity index (χ3v) is 4.20. The number of hydrogen-bond acceptors (Lipinski definition) is 4. The number of hydrogen-bond donors (Lipinski definition) is 2. The zero-order chi connectivity index (χ0) is 14.7. The number of thiazole rings is 1. The molecule has 0 atom stereocenters. The molecular formula is C14H15N3OS2. The fraction of sp³-hybridized carbons (Fsp3) is 0.143. The summed E-state index contributed by atoms with van der Waals surface area (Å²) < 4.78 is 2.29. The highest BCUT2D eigenvalue weighted by molar-refractivity contribution is 7.73. The zero-order valence-corrected chi connectivity index (χ0v) is 12.7. The Morgan fingerprint density at radius 2 is 2.25 bits per heavy atom. The van der Waals surface area contributed by atoms with Gasteiger partial charge in [0.1, 0.15) is 10.7 Å². The normalized spacial score (nSPS) is 10.2. The van der Waals surface area contributed by atoms with E-state index >= 15 is 0 Å². The van der Waals surface area contributed by atoms with Gasteiger partial charge in [-0.25, -0.2) is 0 Å². The summed E-state index contributed by atoms with van der Waals surface area (Å²) in [6.45, 7) is 5.94. The van der Waals surface area contributed by atoms with Gasteiger partial charge in [-0.15, -0.1) is 6.58 Å². The number of nitrogens with two attached hydrogens (primary N) is 1. The second-order valence-electron chi connectivity index (χ2n) is 4.20. The van der Waals surface area contributed by atoms with Crippen LogP contribution < -0.4 is 11.1 Å². The van der Waals surface area contributed by atoms with Gasteiger partial charge in [-0.05, 0) is 30.8 Å². The lowest BCUT2D eigenvalue weighted by Gasteiger charge is -2.09. The van der Waals surface area contributed by atoms with Crippen molar-refractivity contribution in [3.05, 3.63) is 51.3 Å². The summed E-state index contributed by atoms with van der Waals surface area (Å²) in [4.78, 5) is 12.4. The average Bonchev–Trinajstić information content (AvgIpc) is 2.72. The fourth-order valence-electron chi connectivity index (χ4n) is 1.84. The number of anilines is 1. The van der Waals surface area contributed by atoms with Crippen LogP contribution in [0, 0.1) is 10.9 Å². The number of aromatic nitrogens is 1. The fourth-order valence-corrected chi connectivity index (χ4v) is 3.11. The van der Waals surface area contributed by atoms with Crippen LogP contribution in [0.3, 0.4) is 0 Å². The van der Waals surface area contributed by atoms with Crippen molar-refractivity contribution in [3.8, 4) is 5.69 Å². The molecule has 0 aliphatic carbocycles. The summed E-state index contributed by atoms with van der Waals surface area (Å²) >= 11 is 6.54. The minimum atomic E-state index is -0.231. The van der Waals surface area contributed by atoms with Crippen LogP contribution in [-0.4, -0.2) is 17.0 Å². The number of nitrogen functional groups attached to an aromatic ring is 1. The maximum absolute atomic E-state index is 12.0. The Labute approximate surface area is 126 Å². The van der Waals surface area contributed by atoms with Crippen molar-refractivity contribution in [1.29, 1.82) is 0 Å². The molecule has 3 N–H and O–H groups in total. The van der Waals surface area contributed by atoms with Crippen LogP contribution in [0.5, 0.6) is 0 Å². The third kappa shape index (κ3) is 2.66. The van der Waals surface area contributed by atoms with Gasteiger partial charge >= 0.3 is 0 Å². The Balaban J connectivity index is 2.50. The molecule has 0 fully saturated rings. The van der Waals surface area contributed by atoms with E-state index in [1.165, 1.54) is 11.3 Å². The third-order valence-electron chi connectivity index (χ3n) is 2.82. The van der Waals surface area contributed by atoms with E-state index in [1.807, 2.05) is 31.2 Å². The highest BCUT2D eigenvalue weighted by atomic mass is 32.1. The van der Waals surface area contributed by atoms with Gasteiger partial charge in [-0.1, -0.05) is 35.6 Å². The Morgan fingerprint density at radius 1 is 1.55 bits per heavy atom. The molecule has 20 heavy (non-hydrogen) atoms. The molecule has 0 aliphatic heterocycles. The first-order chi connectivity index (χ1) is 9.56. The Hall–Kier alpha value is -1.92. The molecule has 0 aliphatic rings.